The first-order chi connectivity index (χ1) is 10.7. The van der Waals surface area contributed by atoms with Gasteiger partial charge in [-0.1, -0.05) is 27.7 Å². The van der Waals surface area contributed by atoms with Crippen LogP contribution in [0.3, 0.4) is 0 Å². The van der Waals surface area contributed by atoms with Gasteiger partial charge in [-0.15, -0.1) is 11.3 Å². The minimum Gasteiger partial charge on any atom is -0.477 e. The summed E-state index contributed by atoms with van der Waals surface area (Å²) in [6, 6.07) is 0. The van der Waals surface area contributed by atoms with Gasteiger partial charge < -0.3 is 10.0 Å². The van der Waals surface area contributed by atoms with Crippen molar-refractivity contribution in [3.8, 4) is 0 Å². The maximum absolute atomic E-state index is 11.5. The molecular formula is C17H25N3O2S. The highest BCUT2D eigenvalue weighted by Crippen LogP contribution is 2.36. The molecule has 2 heterocycles. The van der Waals surface area contributed by atoms with Crippen LogP contribution in [0.25, 0.3) is 10.2 Å². The van der Waals surface area contributed by atoms with Crippen LogP contribution in [0.4, 0.5) is 5.82 Å². The smallest absolute Gasteiger partial charge is 0.346 e. The Morgan fingerprint density at radius 1 is 1.13 bits per heavy atom. The normalized spacial score (nSPS) is 11.7. The minimum absolute atomic E-state index is 0.357. The van der Waals surface area contributed by atoms with E-state index in [1.807, 2.05) is 13.8 Å². The zero-order valence-corrected chi connectivity index (χ0v) is 15.5. The summed E-state index contributed by atoms with van der Waals surface area (Å²) in [5.74, 6) is 1.65. The average Bonchev–Trinajstić information content (AvgIpc) is 2.73. The summed E-state index contributed by atoms with van der Waals surface area (Å²) in [7, 11) is 0. The molecule has 0 unspecified atom stereocenters. The Morgan fingerprint density at radius 3 is 2.17 bits per heavy atom. The van der Waals surface area contributed by atoms with E-state index in [-0.39, 0.29) is 0 Å². The van der Waals surface area contributed by atoms with Crippen LogP contribution in [0.2, 0.25) is 0 Å². The monoisotopic (exact) mass is 335 g/mol. The molecule has 2 aromatic heterocycles. The van der Waals surface area contributed by atoms with Gasteiger partial charge in [-0.2, -0.15) is 0 Å². The zero-order valence-electron chi connectivity index (χ0n) is 14.7. The molecule has 0 saturated heterocycles. The van der Waals surface area contributed by atoms with Crippen molar-refractivity contribution in [2.45, 2.75) is 41.5 Å². The first-order valence-corrected chi connectivity index (χ1v) is 8.78. The summed E-state index contributed by atoms with van der Waals surface area (Å²) in [6.45, 7) is 14.2. The highest BCUT2D eigenvalue weighted by atomic mass is 32.1. The summed E-state index contributed by atoms with van der Waals surface area (Å²) in [6.07, 6.45) is 0. The first kappa shape index (κ1) is 17.7. The van der Waals surface area contributed by atoms with E-state index in [1.54, 1.807) is 0 Å². The van der Waals surface area contributed by atoms with Crippen LogP contribution in [-0.2, 0) is 0 Å². The molecule has 1 N–H and O–H groups in total. The number of aromatic carboxylic acids is 1. The van der Waals surface area contributed by atoms with Crippen molar-refractivity contribution in [1.29, 1.82) is 0 Å². The largest absolute Gasteiger partial charge is 0.477 e. The van der Waals surface area contributed by atoms with Gasteiger partial charge in [0.2, 0.25) is 0 Å². The third-order valence-electron chi connectivity index (χ3n) is 3.55. The Balaban J connectivity index is 2.67. The summed E-state index contributed by atoms with van der Waals surface area (Å²) >= 11 is 1.24. The standard InChI is InChI=1S/C17H25N3O2S/c1-9(2)7-20(8-10(3)4)15-13-11(5)14(17(21)22)23-16(13)19-12(6)18-15/h9-10H,7-8H2,1-6H3,(H,21,22). The van der Waals surface area contributed by atoms with E-state index >= 15 is 0 Å². The van der Waals surface area contributed by atoms with E-state index in [0.717, 1.165) is 34.7 Å². The summed E-state index contributed by atoms with van der Waals surface area (Å²) in [4.78, 5) is 24.0. The van der Waals surface area contributed by atoms with Crippen molar-refractivity contribution in [3.05, 3.63) is 16.3 Å². The summed E-state index contributed by atoms with van der Waals surface area (Å²) in [5.41, 5.74) is 0.769. The van der Waals surface area contributed by atoms with E-state index in [0.29, 0.717) is 22.5 Å². The van der Waals surface area contributed by atoms with Crippen LogP contribution in [0.1, 0.15) is 48.8 Å². The number of hydrogen-bond donors (Lipinski definition) is 1. The van der Waals surface area contributed by atoms with Gasteiger partial charge in [-0.3, -0.25) is 0 Å². The number of carboxylic acids is 1. The molecule has 0 radical (unpaired) electrons. The molecule has 0 bridgehead atoms. The number of carboxylic acid groups (broad SMARTS) is 1. The second kappa shape index (κ2) is 6.83. The minimum atomic E-state index is -0.895. The van der Waals surface area contributed by atoms with Crippen molar-refractivity contribution in [1.82, 2.24) is 9.97 Å². The highest BCUT2D eigenvalue weighted by molar-refractivity contribution is 7.20. The Labute approximate surface area is 141 Å². The fraction of sp³-hybridized carbons (Fsp3) is 0.588. The van der Waals surface area contributed by atoms with Gasteiger partial charge in [0.15, 0.2) is 0 Å². The molecule has 6 heteroatoms. The predicted octanol–water partition coefficient (Wildman–Crippen LogP) is 4.12. The van der Waals surface area contributed by atoms with E-state index < -0.39 is 5.97 Å². The number of hydrogen-bond acceptors (Lipinski definition) is 5. The van der Waals surface area contributed by atoms with Crippen molar-refractivity contribution in [3.63, 3.8) is 0 Å². The molecule has 0 aliphatic carbocycles. The zero-order chi connectivity index (χ0) is 17.3. The molecule has 0 spiro atoms. The number of aryl methyl sites for hydroxylation is 2. The van der Waals surface area contributed by atoms with Gasteiger partial charge in [-0.05, 0) is 31.2 Å². The molecular weight excluding hydrogens is 310 g/mol. The third-order valence-corrected chi connectivity index (χ3v) is 4.72. The molecule has 0 aliphatic rings. The lowest BCUT2D eigenvalue weighted by Gasteiger charge is -2.28. The SMILES string of the molecule is Cc1nc(N(CC(C)C)CC(C)C)c2c(C)c(C(=O)O)sc2n1. The number of fused-ring (bicyclic) bond motifs is 1. The fourth-order valence-corrected chi connectivity index (χ4v) is 3.84. The Hall–Kier alpha value is -1.69. The van der Waals surface area contributed by atoms with Crippen LogP contribution in [0.5, 0.6) is 0 Å². The van der Waals surface area contributed by atoms with Gasteiger partial charge in [0.25, 0.3) is 0 Å². The molecule has 0 fully saturated rings. The first-order valence-electron chi connectivity index (χ1n) is 7.96. The molecule has 0 aliphatic heterocycles. The van der Waals surface area contributed by atoms with Crippen molar-refractivity contribution >= 4 is 33.3 Å². The lowest BCUT2D eigenvalue weighted by molar-refractivity contribution is 0.0701. The second-order valence-corrected chi connectivity index (χ2v) is 7.83. The molecule has 0 atom stereocenters. The predicted molar refractivity (Wildman–Crippen MR) is 95.7 cm³/mol. The molecule has 0 aromatic carbocycles. The van der Waals surface area contributed by atoms with E-state index in [4.69, 9.17) is 0 Å². The van der Waals surface area contributed by atoms with E-state index in [9.17, 15) is 9.90 Å². The fourth-order valence-electron chi connectivity index (χ4n) is 2.78. The van der Waals surface area contributed by atoms with Gasteiger partial charge in [0.05, 0.1) is 5.39 Å². The van der Waals surface area contributed by atoms with Gasteiger partial charge in [0, 0.05) is 13.1 Å². The van der Waals surface area contributed by atoms with E-state index in [1.165, 1.54) is 11.3 Å². The number of thiophene rings is 1. The van der Waals surface area contributed by atoms with Crippen LogP contribution < -0.4 is 4.90 Å². The van der Waals surface area contributed by atoms with Crippen LogP contribution in [0.15, 0.2) is 0 Å². The Morgan fingerprint density at radius 2 is 1.70 bits per heavy atom. The lowest BCUT2D eigenvalue weighted by Crippen LogP contribution is -2.32. The number of anilines is 1. The summed E-state index contributed by atoms with van der Waals surface area (Å²) < 4.78 is 0. The Bertz CT molecular complexity index is 712. The summed E-state index contributed by atoms with van der Waals surface area (Å²) in [5, 5.41) is 10.3. The molecule has 5 nitrogen and oxygen atoms in total. The van der Waals surface area contributed by atoms with Crippen molar-refractivity contribution in [2.24, 2.45) is 11.8 Å². The highest BCUT2D eigenvalue weighted by Gasteiger charge is 2.23. The molecule has 126 valence electrons. The van der Waals surface area contributed by atoms with Crippen LogP contribution in [0, 0.1) is 25.7 Å². The number of carbonyl (C=O) groups is 1. The topological polar surface area (TPSA) is 66.3 Å². The van der Waals surface area contributed by atoms with Crippen LogP contribution in [-0.4, -0.2) is 34.1 Å². The van der Waals surface area contributed by atoms with E-state index in [2.05, 4.69) is 42.6 Å². The molecule has 23 heavy (non-hydrogen) atoms. The second-order valence-electron chi connectivity index (χ2n) is 6.83. The third kappa shape index (κ3) is 3.80. The van der Waals surface area contributed by atoms with Gasteiger partial charge >= 0.3 is 5.97 Å². The van der Waals surface area contributed by atoms with Gasteiger partial charge in [0.1, 0.15) is 21.3 Å². The Kier molecular flexibility index (Phi) is 5.24. The number of nitrogens with zero attached hydrogens (tertiary/aromatic N) is 3. The number of aromatic nitrogens is 2. The maximum Gasteiger partial charge on any atom is 0.346 e. The van der Waals surface area contributed by atoms with Crippen molar-refractivity contribution < 1.29 is 9.90 Å². The quantitative estimate of drug-likeness (QED) is 0.860. The molecule has 2 aromatic rings. The lowest BCUT2D eigenvalue weighted by atomic mass is 10.1. The molecule has 0 amide bonds. The molecule has 2 rings (SSSR count). The maximum atomic E-state index is 11.5. The molecule has 0 saturated carbocycles. The average molecular weight is 335 g/mol. The van der Waals surface area contributed by atoms with Gasteiger partial charge in [-0.25, -0.2) is 14.8 Å². The van der Waals surface area contributed by atoms with Crippen LogP contribution >= 0.6 is 11.3 Å². The number of rotatable bonds is 6. The van der Waals surface area contributed by atoms with Crippen molar-refractivity contribution in [2.75, 3.05) is 18.0 Å².